The molecule has 1 nitrogen and oxygen atoms in total. The number of nitrogens with one attached hydrogen (secondary N) is 1. The van der Waals surface area contributed by atoms with E-state index in [1.807, 2.05) is 0 Å². The van der Waals surface area contributed by atoms with Crippen LogP contribution in [-0.2, 0) is 6.18 Å². The van der Waals surface area contributed by atoms with Gasteiger partial charge in [-0.1, -0.05) is 23.7 Å². The van der Waals surface area contributed by atoms with Gasteiger partial charge in [-0.25, -0.2) is 0 Å². The van der Waals surface area contributed by atoms with Crippen molar-refractivity contribution in [3.05, 3.63) is 55.1 Å². The van der Waals surface area contributed by atoms with Gasteiger partial charge >= 0.3 is 6.18 Å². The number of hydrogen-bond donors (Lipinski definition) is 1. The van der Waals surface area contributed by atoms with Crippen molar-refractivity contribution in [3.63, 3.8) is 0 Å². The average molecular weight is 385 g/mol. The second-order valence-electron chi connectivity index (χ2n) is 4.11. The molecule has 1 N–H and O–H groups in total. The fourth-order valence-electron chi connectivity index (χ4n) is 1.84. The summed E-state index contributed by atoms with van der Waals surface area (Å²) in [6.07, 6.45) is -4.32. The summed E-state index contributed by atoms with van der Waals surface area (Å²) in [6, 6.07) is 6.74. The van der Waals surface area contributed by atoms with Gasteiger partial charge in [0.05, 0.1) is 20.4 Å². The van der Waals surface area contributed by atoms with Gasteiger partial charge in [0, 0.05) is 4.88 Å². The molecule has 1 aromatic heterocycles. The standard InChI is InChI=1S/C13H10BrClF3NS/c1-19-11(10-6-9(15)12(14)20-10)7-2-4-8(5-3-7)13(16,17)18/h2-6,11,19H,1H3. The lowest BCUT2D eigenvalue weighted by molar-refractivity contribution is -0.137. The van der Waals surface area contributed by atoms with Crippen LogP contribution in [0.25, 0.3) is 0 Å². The zero-order valence-electron chi connectivity index (χ0n) is 10.3. The highest BCUT2D eigenvalue weighted by Gasteiger charge is 2.30. The van der Waals surface area contributed by atoms with E-state index in [2.05, 4.69) is 21.2 Å². The summed E-state index contributed by atoms with van der Waals surface area (Å²) < 4.78 is 38.4. The lowest BCUT2D eigenvalue weighted by atomic mass is 10.0. The van der Waals surface area contributed by atoms with Gasteiger partial charge in [-0.05, 0) is 46.7 Å². The van der Waals surface area contributed by atoms with Gasteiger partial charge in [0.2, 0.25) is 0 Å². The number of halogens is 5. The summed E-state index contributed by atoms with van der Waals surface area (Å²) in [7, 11) is 1.75. The summed E-state index contributed by atoms with van der Waals surface area (Å²) in [4.78, 5) is 0.934. The van der Waals surface area contributed by atoms with Crippen molar-refractivity contribution in [1.82, 2.24) is 5.32 Å². The van der Waals surface area contributed by atoms with Crippen molar-refractivity contribution in [3.8, 4) is 0 Å². The van der Waals surface area contributed by atoms with E-state index in [0.29, 0.717) is 5.02 Å². The Morgan fingerprint density at radius 1 is 1.25 bits per heavy atom. The number of hydrogen-bond acceptors (Lipinski definition) is 2. The molecular formula is C13H10BrClF3NS. The fraction of sp³-hybridized carbons (Fsp3) is 0.231. The predicted octanol–water partition coefficient (Wildman–Crippen LogP) is 5.49. The Morgan fingerprint density at radius 2 is 1.85 bits per heavy atom. The molecule has 20 heavy (non-hydrogen) atoms. The lowest BCUT2D eigenvalue weighted by Gasteiger charge is -2.16. The van der Waals surface area contributed by atoms with Gasteiger partial charge in [0.15, 0.2) is 0 Å². The number of alkyl halides is 3. The van der Waals surface area contributed by atoms with Crippen molar-refractivity contribution in [2.24, 2.45) is 0 Å². The molecule has 0 bridgehead atoms. The number of thiophene rings is 1. The largest absolute Gasteiger partial charge is 0.416 e. The molecule has 7 heteroatoms. The molecule has 0 spiro atoms. The Bertz CT molecular complexity index is 575. The third-order valence-electron chi connectivity index (χ3n) is 2.81. The van der Waals surface area contributed by atoms with Gasteiger partial charge in [-0.2, -0.15) is 13.2 Å². The maximum Gasteiger partial charge on any atom is 0.416 e. The maximum absolute atomic E-state index is 12.5. The van der Waals surface area contributed by atoms with Gasteiger partial charge in [0.25, 0.3) is 0 Å². The van der Waals surface area contributed by atoms with Gasteiger partial charge in [-0.15, -0.1) is 11.3 Å². The van der Waals surface area contributed by atoms with Crippen LogP contribution in [0.5, 0.6) is 0 Å². The molecule has 1 aromatic carbocycles. The summed E-state index contributed by atoms with van der Waals surface area (Å²) in [5.41, 5.74) is 0.104. The van der Waals surface area contributed by atoms with Crippen molar-refractivity contribution < 1.29 is 13.2 Å². The minimum atomic E-state index is -4.32. The molecule has 1 atom stereocenters. The van der Waals surface area contributed by atoms with E-state index in [9.17, 15) is 13.2 Å². The topological polar surface area (TPSA) is 12.0 Å². The highest BCUT2D eigenvalue weighted by Crippen LogP contribution is 2.38. The molecule has 2 rings (SSSR count). The van der Waals surface area contributed by atoms with Crippen LogP contribution in [0.4, 0.5) is 13.2 Å². The molecule has 2 aromatic rings. The van der Waals surface area contributed by atoms with Crippen LogP contribution >= 0.6 is 38.9 Å². The third-order valence-corrected chi connectivity index (χ3v) is 5.35. The SMILES string of the molecule is CNC(c1ccc(C(F)(F)F)cc1)c1cc(Cl)c(Br)s1. The maximum atomic E-state index is 12.5. The molecule has 0 fully saturated rings. The molecule has 0 aliphatic heterocycles. The third kappa shape index (κ3) is 3.36. The van der Waals surface area contributed by atoms with Crippen LogP contribution in [0.3, 0.4) is 0 Å². The lowest BCUT2D eigenvalue weighted by Crippen LogP contribution is -2.16. The molecule has 108 valence electrons. The zero-order valence-corrected chi connectivity index (χ0v) is 13.4. The van der Waals surface area contributed by atoms with E-state index < -0.39 is 11.7 Å². The summed E-state index contributed by atoms with van der Waals surface area (Å²) >= 11 is 10.8. The Balaban J connectivity index is 2.33. The average Bonchev–Trinajstić information content (AvgIpc) is 2.70. The minimum Gasteiger partial charge on any atom is -0.309 e. The molecular weight excluding hydrogens is 375 g/mol. The van der Waals surface area contributed by atoms with Gasteiger partial charge in [0.1, 0.15) is 0 Å². The highest BCUT2D eigenvalue weighted by molar-refractivity contribution is 9.11. The van der Waals surface area contributed by atoms with E-state index in [-0.39, 0.29) is 6.04 Å². The summed E-state index contributed by atoms with van der Waals surface area (Å²) in [5, 5.41) is 3.68. The van der Waals surface area contributed by atoms with Crippen LogP contribution < -0.4 is 5.32 Å². The normalized spacial score (nSPS) is 13.5. The monoisotopic (exact) mass is 383 g/mol. The smallest absolute Gasteiger partial charge is 0.309 e. The van der Waals surface area contributed by atoms with Crippen LogP contribution in [0.15, 0.2) is 34.1 Å². The molecule has 1 heterocycles. The number of rotatable bonds is 3. The van der Waals surface area contributed by atoms with Crippen molar-refractivity contribution in [2.75, 3.05) is 7.05 Å². The first-order chi connectivity index (χ1) is 9.32. The first-order valence-electron chi connectivity index (χ1n) is 5.62. The van der Waals surface area contributed by atoms with E-state index in [4.69, 9.17) is 11.6 Å². The van der Waals surface area contributed by atoms with E-state index in [0.717, 1.165) is 26.4 Å². The Morgan fingerprint density at radius 3 is 2.25 bits per heavy atom. The number of benzene rings is 1. The van der Waals surface area contributed by atoms with Crippen molar-refractivity contribution in [1.29, 1.82) is 0 Å². The Kier molecular flexibility index (Phi) is 4.79. The predicted molar refractivity (Wildman–Crippen MR) is 79.4 cm³/mol. The minimum absolute atomic E-state index is 0.189. The van der Waals surface area contributed by atoms with Crippen molar-refractivity contribution >= 4 is 38.9 Å². The van der Waals surface area contributed by atoms with Crippen LogP contribution in [0.2, 0.25) is 5.02 Å². The second kappa shape index (κ2) is 6.05. The fourth-order valence-corrected chi connectivity index (χ4v) is 3.73. The second-order valence-corrected chi connectivity index (χ2v) is 6.92. The molecule has 1 unspecified atom stereocenters. The van der Waals surface area contributed by atoms with Gasteiger partial charge in [-0.3, -0.25) is 0 Å². The molecule has 0 amide bonds. The van der Waals surface area contributed by atoms with Crippen LogP contribution in [-0.4, -0.2) is 7.05 Å². The molecule has 0 aliphatic rings. The van der Waals surface area contributed by atoms with Crippen LogP contribution in [0.1, 0.15) is 22.0 Å². The first kappa shape index (κ1) is 15.8. The van der Waals surface area contributed by atoms with E-state index in [1.165, 1.54) is 23.5 Å². The Labute approximate surface area is 131 Å². The Hall–Kier alpha value is -0.560. The summed E-state index contributed by atoms with van der Waals surface area (Å²) in [5.74, 6) is 0. The first-order valence-corrected chi connectivity index (χ1v) is 7.61. The van der Waals surface area contributed by atoms with Crippen molar-refractivity contribution in [2.45, 2.75) is 12.2 Å². The molecule has 0 aliphatic carbocycles. The zero-order chi connectivity index (χ0) is 14.9. The molecule has 0 radical (unpaired) electrons. The summed E-state index contributed by atoms with van der Waals surface area (Å²) in [6.45, 7) is 0. The quantitative estimate of drug-likeness (QED) is 0.737. The van der Waals surface area contributed by atoms with E-state index >= 15 is 0 Å². The van der Waals surface area contributed by atoms with E-state index in [1.54, 1.807) is 13.1 Å². The van der Waals surface area contributed by atoms with Gasteiger partial charge < -0.3 is 5.32 Å². The van der Waals surface area contributed by atoms with Crippen LogP contribution in [0, 0.1) is 0 Å². The molecule has 0 saturated heterocycles. The highest BCUT2D eigenvalue weighted by atomic mass is 79.9. The molecule has 0 saturated carbocycles.